The molecule has 1 aromatic heterocycles. The van der Waals surface area contributed by atoms with E-state index in [1.165, 1.54) is 12.5 Å². The first-order valence-corrected chi connectivity index (χ1v) is 9.04. The van der Waals surface area contributed by atoms with E-state index in [9.17, 15) is 4.39 Å². The predicted octanol–water partition coefficient (Wildman–Crippen LogP) is 4.39. The van der Waals surface area contributed by atoms with Crippen molar-refractivity contribution in [3.63, 3.8) is 0 Å². The summed E-state index contributed by atoms with van der Waals surface area (Å²) < 4.78 is 13.2. The average Bonchev–Trinajstić information content (AvgIpc) is 2.52. The van der Waals surface area contributed by atoms with Crippen LogP contribution in [0.2, 0.25) is 0 Å². The largest absolute Gasteiger partial charge is 0.356 e. The van der Waals surface area contributed by atoms with Crippen LogP contribution in [0.3, 0.4) is 0 Å². The van der Waals surface area contributed by atoms with Crippen LogP contribution in [0.25, 0.3) is 0 Å². The zero-order chi connectivity index (χ0) is 16.2. The topological polar surface area (TPSA) is 29.0 Å². The number of hydrogen-bond acceptors (Lipinski definition) is 4. The molecule has 23 heavy (non-hydrogen) atoms. The van der Waals surface area contributed by atoms with E-state index >= 15 is 0 Å². The van der Waals surface area contributed by atoms with Crippen molar-refractivity contribution in [1.82, 2.24) is 9.97 Å². The van der Waals surface area contributed by atoms with Gasteiger partial charge in [-0.25, -0.2) is 14.4 Å². The Kier molecular flexibility index (Phi) is 5.16. The van der Waals surface area contributed by atoms with E-state index < -0.39 is 0 Å². The fourth-order valence-electron chi connectivity index (χ4n) is 3.20. The van der Waals surface area contributed by atoms with Crippen molar-refractivity contribution in [1.29, 1.82) is 0 Å². The van der Waals surface area contributed by atoms with Gasteiger partial charge in [0.2, 0.25) is 0 Å². The molecule has 0 amide bonds. The molecule has 0 aliphatic carbocycles. The first-order valence-electron chi connectivity index (χ1n) is 8.05. The normalized spacial score (nSPS) is 21.4. The molecule has 2 atom stereocenters. The Morgan fingerprint density at radius 3 is 2.74 bits per heavy atom. The highest BCUT2D eigenvalue weighted by molar-refractivity contribution is 7.98. The third-order valence-electron chi connectivity index (χ3n) is 4.07. The minimum absolute atomic E-state index is 0.200. The Morgan fingerprint density at radius 1 is 1.22 bits per heavy atom. The summed E-state index contributed by atoms with van der Waals surface area (Å²) in [4.78, 5) is 11.4. The van der Waals surface area contributed by atoms with Crippen LogP contribution in [0.4, 0.5) is 10.2 Å². The molecular weight excluding hydrogens is 309 g/mol. The molecule has 0 bridgehead atoms. The molecule has 2 unspecified atom stereocenters. The molecule has 2 aromatic rings. The smallest absolute Gasteiger partial charge is 0.189 e. The number of anilines is 1. The van der Waals surface area contributed by atoms with Crippen molar-refractivity contribution in [3.05, 3.63) is 47.9 Å². The molecule has 3 rings (SSSR count). The molecule has 3 nitrogen and oxygen atoms in total. The number of halogens is 1. The minimum atomic E-state index is -0.200. The van der Waals surface area contributed by atoms with Crippen molar-refractivity contribution >= 4 is 17.6 Å². The Balaban J connectivity index is 1.67. The quantitative estimate of drug-likeness (QED) is 0.614. The molecule has 0 saturated carbocycles. The highest BCUT2D eigenvalue weighted by Gasteiger charge is 2.22. The first kappa shape index (κ1) is 16.2. The predicted molar refractivity (Wildman–Crippen MR) is 93.2 cm³/mol. The lowest BCUT2D eigenvalue weighted by molar-refractivity contribution is 0.355. The fraction of sp³-hybridized carbons (Fsp3) is 0.444. The third-order valence-corrected chi connectivity index (χ3v) is 5.00. The summed E-state index contributed by atoms with van der Waals surface area (Å²) in [5, 5.41) is 0.748. The maximum atomic E-state index is 13.2. The van der Waals surface area contributed by atoms with Crippen LogP contribution in [0, 0.1) is 17.7 Å². The fourth-order valence-corrected chi connectivity index (χ4v) is 3.97. The van der Waals surface area contributed by atoms with Gasteiger partial charge in [0.1, 0.15) is 11.6 Å². The Bertz CT molecular complexity index is 654. The van der Waals surface area contributed by atoms with Crippen LogP contribution < -0.4 is 4.90 Å². The van der Waals surface area contributed by atoms with Crippen LogP contribution in [-0.2, 0) is 5.75 Å². The van der Waals surface area contributed by atoms with E-state index in [1.807, 2.05) is 18.3 Å². The lowest BCUT2D eigenvalue weighted by atomic mass is 9.92. The summed E-state index contributed by atoms with van der Waals surface area (Å²) in [6.45, 7) is 6.69. The van der Waals surface area contributed by atoms with Crippen LogP contribution in [0.5, 0.6) is 0 Å². The highest BCUT2D eigenvalue weighted by Crippen LogP contribution is 2.27. The van der Waals surface area contributed by atoms with Crippen LogP contribution in [0.15, 0.2) is 41.7 Å². The number of nitrogens with zero attached hydrogens (tertiary/aromatic N) is 3. The van der Waals surface area contributed by atoms with E-state index in [2.05, 4.69) is 28.7 Å². The van der Waals surface area contributed by atoms with Gasteiger partial charge in [-0.2, -0.15) is 0 Å². The molecule has 0 radical (unpaired) electrons. The second-order valence-electron chi connectivity index (χ2n) is 6.47. The van der Waals surface area contributed by atoms with Gasteiger partial charge in [0.15, 0.2) is 5.16 Å². The van der Waals surface area contributed by atoms with Crippen LogP contribution >= 0.6 is 11.8 Å². The van der Waals surface area contributed by atoms with Gasteiger partial charge in [-0.05, 0) is 42.0 Å². The molecule has 2 heterocycles. The van der Waals surface area contributed by atoms with Crippen molar-refractivity contribution in [3.8, 4) is 0 Å². The molecule has 1 aliphatic rings. The Morgan fingerprint density at radius 2 is 2.00 bits per heavy atom. The third kappa shape index (κ3) is 4.44. The van der Waals surface area contributed by atoms with Gasteiger partial charge in [-0.3, -0.25) is 0 Å². The number of benzene rings is 1. The SMILES string of the molecule is CC1CC(C)CN(c2ccnc(SCc3cccc(F)c3)n2)C1. The van der Waals surface area contributed by atoms with E-state index in [0.29, 0.717) is 17.6 Å². The summed E-state index contributed by atoms with van der Waals surface area (Å²) in [5.41, 5.74) is 0.948. The van der Waals surface area contributed by atoms with Gasteiger partial charge < -0.3 is 4.90 Å². The van der Waals surface area contributed by atoms with Crippen LogP contribution in [0.1, 0.15) is 25.8 Å². The molecule has 0 spiro atoms. The van der Waals surface area contributed by atoms with E-state index in [0.717, 1.165) is 29.6 Å². The maximum Gasteiger partial charge on any atom is 0.189 e. The Labute approximate surface area is 141 Å². The molecule has 5 heteroatoms. The monoisotopic (exact) mass is 331 g/mol. The van der Waals surface area contributed by atoms with Gasteiger partial charge in [0.25, 0.3) is 0 Å². The maximum absolute atomic E-state index is 13.2. The lowest BCUT2D eigenvalue weighted by Gasteiger charge is -2.35. The molecule has 1 fully saturated rings. The average molecular weight is 331 g/mol. The number of aromatic nitrogens is 2. The minimum Gasteiger partial charge on any atom is -0.356 e. The van der Waals surface area contributed by atoms with Crippen molar-refractivity contribution in [2.45, 2.75) is 31.2 Å². The Hall–Kier alpha value is -1.62. The van der Waals surface area contributed by atoms with Gasteiger partial charge in [-0.15, -0.1) is 0 Å². The summed E-state index contributed by atoms with van der Waals surface area (Å²) in [7, 11) is 0. The van der Waals surface area contributed by atoms with Gasteiger partial charge in [0.05, 0.1) is 0 Å². The molecule has 1 aromatic carbocycles. The second-order valence-corrected chi connectivity index (χ2v) is 7.41. The molecule has 0 N–H and O–H groups in total. The van der Waals surface area contributed by atoms with Crippen molar-refractivity contribution in [2.75, 3.05) is 18.0 Å². The van der Waals surface area contributed by atoms with E-state index in [-0.39, 0.29) is 5.82 Å². The lowest BCUT2D eigenvalue weighted by Crippen LogP contribution is -2.39. The molecule has 122 valence electrons. The summed E-state index contributed by atoms with van der Waals surface area (Å²) in [6.07, 6.45) is 3.10. The van der Waals surface area contributed by atoms with Gasteiger partial charge in [0, 0.05) is 25.0 Å². The van der Waals surface area contributed by atoms with E-state index in [1.54, 1.807) is 23.9 Å². The van der Waals surface area contributed by atoms with Crippen LogP contribution in [-0.4, -0.2) is 23.1 Å². The number of piperidine rings is 1. The van der Waals surface area contributed by atoms with Gasteiger partial charge in [-0.1, -0.05) is 37.7 Å². The zero-order valence-electron chi connectivity index (χ0n) is 13.6. The van der Waals surface area contributed by atoms with Gasteiger partial charge >= 0.3 is 0 Å². The number of hydrogen-bond donors (Lipinski definition) is 0. The molecule has 1 aliphatic heterocycles. The number of rotatable bonds is 4. The summed E-state index contributed by atoms with van der Waals surface area (Å²) in [6, 6.07) is 8.67. The van der Waals surface area contributed by atoms with Crippen molar-refractivity contribution in [2.24, 2.45) is 11.8 Å². The second kappa shape index (κ2) is 7.30. The standard InChI is InChI=1S/C18H22FN3S/c1-13-8-14(2)11-22(10-13)17-6-7-20-18(21-17)23-12-15-4-3-5-16(19)9-15/h3-7,9,13-14H,8,10-12H2,1-2H3. The molecular formula is C18H22FN3S. The zero-order valence-corrected chi connectivity index (χ0v) is 14.4. The van der Waals surface area contributed by atoms with Crippen molar-refractivity contribution < 1.29 is 4.39 Å². The van der Waals surface area contributed by atoms with E-state index in [4.69, 9.17) is 0 Å². The highest BCUT2D eigenvalue weighted by atomic mass is 32.2. The summed E-state index contributed by atoms with van der Waals surface area (Å²) >= 11 is 1.55. The molecule has 1 saturated heterocycles. The number of thioether (sulfide) groups is 1. The summed E-state index contributed by atoms with van der Waals surface area (Å²) in [5.74, 6) is 2.86. The first-order chi connectivity index (χ1) is 11.1.